The highest BCUT2D eigenvalue weighted by Crippen LogP contribution is 2.42. The lowest BCUT2D eigenvalue weighted by atomic mass is 9.75. The van der Waals surface area contributed by atoms with Crippen molar-refractivity contribution in [1.82, 2.24) is 39.5 Å². The number of aromatic amines is 1. The average molecular weight is 795 g/mol. The Morgan fingerprint density at radius 1 is 0.433 bits per heavy atom. The maximum Gasteiger partial charge on any atom is 0.164 e. The van der Waals surface area contributed by atoms with Crippen LogP contribution >= 0.6 is 0 Å². The fourth-order valence-electron chi connectivity index (χ4n) is 8.99. The number of nitrogens with one attached hydrogen (secondary N) is 1. The second-order valence-electron chi connectivity index (χ2n) is 21.8. The Morgan fingerprint density at radius 2 is 0.850 bits per heavy atom. The third kappa shape index (κ3) is 7.50. The quantitative estimate of drug-likeness (QED) is 0.190. The van der Waals surface area contributed by atoms with Crippen LogP contribution < -0.4 is 0 Å². The monoisotopic (exact) mass is 794 g/mol. The Balaban J connectivity index is 1.53. The molecule has 2 aliphatic rings. The van der Waals surface area contributed by atoms with Crippen molar-refractivity contribution in [2.45, 2.75) is 109 Å². The first-order chi connectivity index (χ1) is 28.2. The van der Waals surface area contributed by atoms with E-state index in [2.05, 4.69) is 171 Å². The number of hydrogen-bond donors (Lipinski definition) is 1. The largest absolute Gasteiger partial charge is 0.324 e. The molecule has 2 aliphatic heterocycles. The molecule has 306 valence electrons. The van der Waals surface area contributed by atoms with Gasteiger partial charge in [0.15, 0.2) is 23.3 Å². The van der Waals surface area contributed by atoms with Crippen LogP contribution in [0, 0.1) is 21.7 Å². The zero-order valence-electron chi connectivity index (χ0n) is 37.5. The molecule has 5 heterocycles. The number of benzene rings is 4. The van der Waals surface area contributed by atoms with Crippen LogP contribution in [0.3, 0.4) is 0 Å². The van der Waals surface area contributed by atoms with E-state index in [0.29, 0.717) is 29.8 Å². The second-order valence-corrected chi connectivity index (χ2v) is 21.8. The Morgan fingerprint density at radius 3 is 1.30 bits per heavy atom. The van der Waals surface area contributed by atoms with Gasteiger partial charge in [0.05, 0.1) is 0 Å². The molecular formula is C52H58N8. The summed E-state index contributed by atoms with van der Waals surface area (Å²) >= 11 is 0. The van der Waals surface area contributed by atoms with Gasteiger partial charge in [-0.3, -0.25) is 0 Å². The van der Waals surface area contributed by atoms with Gasteiger partial charge in [0.2, 0.25) is 0 Å². The van der Waals surface area contributed by atoms with Gasteiger partial charge >= 0.3 is 0 Å². The molecule has 1 N–H and O–H groups in total. The summed E-state index contributed by atoms with van der Waals surface area (Å²) < 4.78 is 2.26. The van der Waals surface area contributed by atoms with Crippen molar-refractivity contribution in [3.8, 4) is 45.6 Å². The third-order valence-electron chi connectivity index (χ3n) is 11.2. The molecule has 8 nitrogen and oxygen atoms in total. The molecule has 0 saturated heterocycles. The summed E-state index contributed by atoms with van der Waals surface area (Å²) in [5, 5.41) is 4.18. The molecule has 8 bridgehead atoms. The number of nitrogens with zero attached hydrogens (tertiary/aromatic N) is 7. The van der Waals surface area contributed by atoms with Crippen molar-refractivity contribution >= 4 is 44.1 Å². The van der Waals surface area contributed by atoms with Crippen molar-refractivity contribution in [2.75, 3.05) is 0 Å². The lowest BCUT2D eigenvalue weighted by molar-refractivity contribution is 0.352. The fourth-order valence-corrected chi connectivity index (χ4v) is 8.99. The highest BCUT2D eigenvalue weighted by Gasteiger charge is 2.29. The normalized spacial score (nSPS) is 13.3. The second kappa shape index (κ2) is 13.9. The summed E-state index contributed by atoms with van der Waals surface area (Å²) in [7, 11) is 0. The molecule has 9 rings (SSSR count). The van der Waals surface area contributed by atoms with Crippen LogP contribution in [0.2, 0.25) is 0 Å². The van der Waals surface area contributed by atoms with Gasteiger partial charge in [-0.2, -0.15) is 0 Å². The van der Waals surface area contributed by atoms with Crippen molar-refractivity contribution in [3.05, 3.63) is 95.6 Å². The summed E-state index contributed by atoms with van der Waals surface area (Å²) in [6, 6.07) is 27.5. The Kier molecular flexibility index (Phi) is 9.19. The zero-order valence-corrected chi connectivity index (χ0v) is 37.5. The van der Waals surface area contributed by atoms with Gasteiger partial charge in [-0.1, -0.05) is 156 Å². The summed E-state index contributed by atoms with van der Waals surface area (Å²) in [4.78, 5) is 36.3. The molecule has 0 amide bonds. The number of fused-ring (bicyclic) bond motifs is 20. The van der Waals surface area contributed by atoms with Crippen molar-refractivity contribution in [1.29, 1.82) is 0 Å². The minimum absolute atomic E-state index is 0.00157. The van der Waals surface area contributed by atoms with Crippen LogP contribution in [0.25, 0.3) is 89.7 Å². The van der Waals surface area contributed by atoms with Gasteiger partial charge in [0.1, 0.15) is 22.6 Å². The fraction of sp³-hybridized carbons (Fsp3) is 0.385. The molecular weight excluding hydrogens is 737 g/mol. The molecule has 7 aromatic rings. The van der Waals surface area contributed by atoms with Crippen LogP contribution in [0.15, 0.2) is 78.9 Å². The minimum atomic E-state index is -0.0825. The van der Waals surface area contributed by atoms with Gasteiger partial charge < -0.3 is 9.55 Å². The van der Waals surface area contributed by atoms with Crippen molar-refractivity contribution in [2.24, 2.45) is 21.7 Å². The average Bonchev–Trinajstić information content (AvgIpc) is 3.85. The molecule has 0 fully saturated rings. The number of aromatic nitrogens is 8. The topological polar surface area (TPSA) is 98.1 Å². The van der Waals surface area contributed by atoms with Crippen LogP contribution in [-0.2, 0) is 25.8 Å². The predicted octanol–water partition coefficient (Wildman–Crippen LogP) is 13.2. The number of H-pyrrole nitrogens is 1. The summed E-state index contributed by atoms with van der Waals surface area (Å²) in [5.74, 6) is 2.53. The van der Waals surface area contributed by atoms with Crippen LogP contribution in [0.5, 0.6) is 0 Å². The lowest BCUT2D eigenvalue weighted by Crippen LogP contribution is -2.19. The van der Waals surface area contributed by atoms with Gasteiger partial charge in [-0.05, 0) is 63.7 Å². The predicted molar refractivity (Wildman–Crippen MR) is 249 cm³/mol. The maximum absolute atomic E-state index is 5.53. The van der Waals surface area contributed by atoms with Gasteiger partial charge in [-0.25, -0.2) is 29.9 Å². The van der Waals surface area contributed by atoms with Gasteiger partial charge in [0, 0.05) is 50.3 Å². The highest BCUT2D eigenvalue weighted by molar-refractivity contribution is 6.08. The van der Waals surface area contributed by atoms with Crippen LogP contribution in [-0.4, -0.2) is 39.5 Å². The summed E-state index contributed by atoms with van der Waals surface area (Å²) in [6.07, 6.45) is 2.76. The highest BCUT2D eigenvalue weighted by atomic mass is 15.1. The molecule has 0 spiro atoms. The van der Waals surface area contributed by atoms with E-state index in [9.17, 15) is 0 Å². The van der Waals surface area contributed by atoms with Gasteiger partial charge in [0.25, 0.3) is 0 Å². The summed E-state index contributed by atoms with van der Waals surface area (Å²) in [6.45, 7) is 28.5. The van der Waals surface area contributed by atoms with E-state index in [0.717, 1.165) is 85.6 Å². The lowest BCUT2D eigenvalue weighted by Gasteiger charge is -2.29. The molecule has 3 aromatic heterocycles. The summed E-state index contributed by atoms with van der Waals surface area (Å²) in [5.41, 5.74) is 11.1. The molecule has 0 aliphatic carbocycles. The minimum Gasteiger partial charge on any atom is -0.324 e. The first-order valence-electron chi connectivity index (χ1n) is 21.5. The van der Waals surface area contributed by atoms with Crippen molar-refractivity contribution in [3.63, 3.8) is 0 Å². The van der Waals surface area contributed by atoms with E-state index in [1.54, 1.807) is 0 Å². The van der Waals surface area contributed by atoms with Crippen molar-refractivity contribution < 1.29 is 0 Å². The Labute approximate surface area is 354 Å². The Bertz CT molecular complexity index is 3030. The van der Waals surface area contributed by atoms with E-state index in [4.69, 9.17) is 29.9 Å². The SMILES string of the molecule is CC(C)(C)Cc1cc2c3nc4nc(nc5c6ccccc6c(nc6nc(nc([nH]3)c2c(CC(C)(C)C)c1CC(C)(C)C)-c1ccccc1-6)n5CC(C)(C)C)-c1ccccc1-4. The maximum atomic E-state index is 5.53. The van der Waals surface area contributed by atoms with E-state index >= 15 is 0 Å². The van der Waals surface area contributed by atoms with E-state index in [1.165, 1.54) is 16.7 Å². The number of hydrogen-bond acceptors (Lipinski definition) is 6. The smallest absolute Gasteiger partial charge is 0.164 e. The van der Waals surface area contributed by atoms with E-state index in [1.807, 2.05) is 0 Å². The zero-order chi connectivity index (χ0) is 42.5. The molecule has 60 heavy (non-hydrogen) atoms. The number of rotatable bonds is 4. The molecule has 4 aromatic carbocycles. The first kappa shape index (κ1) is 39.7. The molecule has 0 saturated carbocycles. The van der Waals surface area contributed by atoms with E-state index in [-0.39, 0.29) is 21.7 Å². The van der Waals surface area contributed by atoms with Gasteiger partial charge in [-0.15, -0.1) is 0 Å². The molecule has 0 atom stereocenters. The standard InChI is InChI=1S/C52H58N8/c1-49(2,3)26-30-25-37-40(39(28-51(7,8)9)38(30)27-50(4,5)6)46-56-42-32-20-14-16-22-34(32)44(54-42)59-48-36-24-18-17-23-35(36)47(60(48)29-52(10,11)12)58-43-33-21-15-13-19-31(33)41(53-43)55-45(37)57-46/h13-25H,26-29H2,1-12H3,(H,53,54,55,56,57,58,59). The van der Waals surface area contributed by atoms with E-state index < -0.39 is 0 Å². The Hall–Kier alpha value is -5.76. The molecule has 8 heteroatoms. The molecule has 0 unspecified atom stereocenters. The first-order valence-corrected chi connectivity index (χ1v) is 21.5. The van der Waals surface area contributed by atoms with Crippen LogP contribution in [0.1, 0.15) is 99.8 Å². The molecule has 0 radical (unpaired) electrons. The third-order valence-corrected chi connectivity index (χ3v) is 11.2. The van der Waals surface area contributed by atoms with Crippen LogP contribution in [0.4, 0.5) is 0 Å².